The van der Waals surface area contributed by atoms with Crippen molar-refractivity contribution in [2.24, 2.45) is 0 Å². The van der Waals surface area contributed by atoms with Crippen molar-refractivity contribution in [1.29, 1.82) is 0 Å². The predicted molar refractivity (Wildman–Crippen MR) is 104 cm³/mol. The van der Waals surface area contributed by atoms with E-state index in [0.717, 1.165) is 31.4 Å². The molecule has 0 spiro atoms. The molecule has 7 nitrogen and oxygen atoms in total. The Bertz CT molecular complexity index is 261. The lowest BCUT2D eigenvalue weighted by atomic mass is 10.1. The van der Waals surface area contributed by atoms with Gasteiger partial charge in [0.15, 0.2) is 0 Å². The summed E-state index contributed by atoms with van der Waals surface area (Å²) < 4.78 is 15.0. The van der Waals surface area contributed by atoms with Crippen LogP contribution >= 0.6 is 25.3 Å². The second kappa shape index (κ2) is 24.0. The third kappa shape index (κ3) is 29.0. The van der Waals surface area contributed by atoms with Crippen LogP contribution in [0.3, 0.4) is 0 Å². The van der Waals surface area contributed by atoms with Gasteiger partial charge in [-0.1, -0.05) is 6.42 Å². The molecule has 25 heavy (non-hydrogen) atoms. The molecule has 0 bridgehead atoms. The Kier molecular flexibility index (Phi) is 26.1. The summed E-state index contributed by atoms with van der Waals surface area (Å²) in [6.45, 7) is 2.76. The second-order valence-corrected chi connectivity index (χ2v) is 6.27. The molecule has 0 amide bonds. The van der Waals surface area contributed by atoms with Gasteiger partial charge in [0.05, 0.1) is 52.9 Å². The molecule has 0 radical (unpaired) electrons. The largest absolute Gasteiger partial charge is 0.481 e. The van der Waals surface area contributed by atoms with Crippen molar-refractivity contribution in [1.82, 2.24) is 0 Å². The Labute approximate surface area is 161 Å². The van der Waals surface area contributed by atoms with Crippen molar-refractivity contribution >= 4 is 31.2 Å². The first-order chi connectivity index (χ1) is 12.1. The Morgan fingerprint density at radius 1 is 0.840 bits per heavy atom. The van der Waals surface area contributed by atoms with E-state index in [1.165, 1.54) is 0 Å². The number of thiol groups is 2. The van der Waals surface area contributed by atoms with E-state index in [1.807, 2.05) is 0 Å². The molecule has 1 atom stereocenters. The highest BCUT2D eigenvalue weighted by Gasteiger charge is 2.02. The maximum atomic E-state index is 10.1. The number of ether oxygens (including phenoxy) is 3. The minimum atomic E-state index is -0.708. The third-order valence-corrected chi connectivity index (χ3v) is 3.63. The van der Waals surface area contributed by atoms with Crippen molar-refractivity contribution in [3.05, 3.63) is 0 Å². The minimum absolute atomic E-state index is 0.0413. The summed E-state index contributed by atoms with van der Waals surface area (Å²) in [6.07, 6.45) is 3.99. The van der Waals surface area contributed by atoms with Gasteiger partial charge in [-0.05, 0) is 25.0 Å². The van der Waals surface area contributed by atoms with Gasteiger partial charge in [-0.3, -0.25) is 4.79 Å². The zero-order chi connectivity index (χ0) is 19.2. The summed E-state index contributed by atoms with van der Waals surface area (Å²) in [4.78, 5) is 10.1. The third-order valence-electron chi connectivity index (χ3n) is 2.86. The van der Waals surface area contributed by atoms with Crippen LogP contribution in [0.15, 0.2) is 0 Å². The number of aliphatic carboxylic acids is 1. The number of unbranched alkanes of at least 4 members (excludes halogenated alkanes) is 1. The van der Waals surface area contributed by atoms with E-state index in [4.69, 9.17) is 29.5 Å². The van der Waals surface area contributed by atoms with Gasteiger partial charge in [-0.15, -0.1) is 0 Å². The van der Waals surface area contributed by atoms with Crippen molar-refractivity contribution in [2.75, 3.05) is 58.6 Å². The maximum absolute atomic E-state index is 10.1. The molecule has 0 aromatic rings. The van der Waals surface area contributed by atoms with E-state index < -0.39 is 5.97 Å². The summed E-state index contributed by atoms with van der Waals surface area (Å²) >= 11 is 8.43. The standard InChI is InChI=1S/C8H18O5.C8H16O2S2/c9-1-3-11-5-7-13-8-6-12-4-2-10;9-8(10)4-2-1-3-7(12)5-6-11/h9-10H,1-8H2;7,11-12H,1-6H2,(H,9,10). The molecule has 0 aliphatic heterocycles. The quantitative estimate of drug-likeness (QED) is 0.184. The molecule has 152 valence electrons. The van der Waals surface area contributed by atoms with Crippen LogP contribution in [0, 0.1) is 0 Å². The first kappa shape index (κ1) is 27.2. The number of hydrogen-bond donors (Lipinski definition) is 5. The number of carbonyl (C=O) groups is 1. The SMILES string of the molecule is O=C(O)CCCCC(S)CCS.OCCOCCOCCOCCO. The van der Waals surface area contributed by atoms with Crippen LogP contribution in [-0.4, -0.2) is 85.1 Å². The van der Waals surface area contributed by atoms with E-state index >= 15 is 0 Å². The summed E-state index contributed by atoms with van der Waals surface area (Å²) in [5, 5.41) is 25.4. The van der Waals surface area contributed by atoms with Gasteiger partial charge in [0.25, 0.3) is 0 Å². The van der Waals surface area contributed by atoms with Crippen molar-refractivity contribution < 1.29 is 34.3 Å². The van der Waals surface area contributed by atoms with Crippen LogP contribution < -0.4 is 0 Å². The molecule has 0 saturated heterocycles. The number of rotatable bonds is 17. The topological polar surface area (TPSA) is 105 Å². The van der Waals surface area contributed by atoms with Gasteiger partial charge in [-0.25, -0.2) is 0 Å². The summed E-state index contributed by atoms with van der Waals surface area (Å²) in [7, 11) is 0. The monoisotopic (exact) mass is 402 g/mol. The molecular weight excluding hydrogens is 368 g/mol. The van der Waals surface area contributed by atoms with Gasteiger partial charge in [0, 0.05) is 11.7 Å². The van der Waals surface area contributed by atoms with E-state index in [1.54, 1.807) is 0 Å². The van der Waals surface area contributed by atoms with Gasteiger partial charge in [-0.2, -0.15) is 25.3 Å². The lowest BCUT2D eigenvalue weighted by molar-refractivity contribution is -0.137. The molecule has 3 N–H and O–H groups in total. The highest BCUT2D eigenvalue weighted by atomic mass is 32.1. The van der Waals surface area contributed by atoms with Crippen LogP contribution in [0.5, 0.6) is 0 Å². The fraction of sp³-hybridized carbons (Fsp3) is 0.938. The molecule has 0 aliphatic carbocycles. The van der Waals surface area contributed by atoms with Crippen LogP contribution in [0.4, 0.5) is 0 Å². The number of carboxylic acids is 1. The Hall–Kier alpha value is -0.0300. The van der Waals surface area contributed by atoms with E-state index in [-0.39, 0.29) is 19.6 Å². The van der Waals surface area contributed by atoms with Crippen LogP contribution in [0.2, 0.25) is 0 Å². The van der Waals surface area contributed by atoms with Gasteiger partial charge in [0.2, 0.25) is 0 Å². The highest BCUT2D eigenvalue weighted by molar-refractivity contribution is 7.81. The summed E-state index contributed by atoms with van der Waals surface area (Å²) in [5.74, 6) is 0.146. The van der Waals surface area contributed by atoms with Crippen LogP contribution in [-0.2, 0) is 19.0 Å². The molecule has 0 rings (SSSR count). The summed E-state index contributed by atoms with van der Waals surface area (Å²) in [5.41, 5.74) is 0. The first-order valence-electron chi connectivity index (χ1n) is 8.54. The molecule has 0 aromatic carbocycles. The normalized spacial score (nSPS) is 11.7. The molecule has 9 heteroatoms. The van der Waals surface area contributed by atoms with E-state index in [9.17, 15) is 4.79 Å². The van der Waals surface area contributed by atoms with Crippen LogP contribution in [0.25, 0.3) is 0 Å². The average Bonchev–Trinajstić information content (AvgIpc) is 2.58. The molecular formula is C16H34O7S2. The Morgan fingerprint density at radius 3 is 1.72 bits per heavy atom. The molecule has 0 aromatic heterocycles. The average molecular weight is 403 g/mol. The Balaban J connectivity index is 0. The number of aliphatic hydroxyl groups is 2. The number of hydrogen-bond acceptors (Lipinski definition) is 8. The van der Waals surface area contributed by atoms with Crippen molar-refractivity contribution in [3.63, 3.8) is 0 Å². The van der Waals surface area contributed by atoms with Gasteiger partial charge < -0.3 is 29.5 Å². The fourth-order valence-electron chi connectivity index (χ4n) is 1.62. The predicted octanol–water partition coefficient (Wildman–Crippen LogP) is 1.27. The first-order valence-corrected chi connectivity index (χ1v) is 9.69. The zero-order valence-corrected chi connectivity index (χ0v) is 16.6. The molecule has 0 fully saturated rings. The fourth-order valence-corrected chi connectivity index (χ4v) is 2.45. The molecule has 1 unspecified atom stereocenters. The molecule has 0 saturated carbocycles. The smallest absolute Gasteiger partial charge is 0.303 e. The molecule has 0 aliphatic rings. The lowest BCUT2D eigenvalue weighted by Gasteiger charge is -2.06. The maximum Gasteiger partial charge on any atom is 0.303 e. The molecule has 0 heterocycles. The van der Waals surface area contributed by atoms with Crippen molar-refractivity contribution in [3.8, 4) is 0 Å². The number of aliphatic hydroxyl groups excluding tert-OH is 2. The van der Waals surface area contributed by atoms with E-state index in [0.29, 0.717) is 44.9 Å². The van der Waals surface area contributed by atoms with Crippen molar-refractivity contribution in [2.45, 2.75) is 37.4 Å². The van der Waals surface area contributed by atoms with E-state index in [2.05, 4.69) is 25.3 Å². The number of carboxylic acid groups (broad SMARTS) is 1. The van der Waals surface area contributed by atoms with Gasteiger partial charge >= 0.3 is 5.97 Å². The minimum Gasteiger partial charge on any atom is -0.481 e. The van der Waals surface area contributed by atoms with Crippen LogP contribution in [0.1, 0.15) is 32.1 Å². The summed E-state index contributed by atoms with van der Waals surface area (Å²) in [6, 6.07) is 0. The zero-order valence-electron chi connectivity index (χ0n) is 14.8. The highest BCUT2D eigenvalue weighted by Crippen LogP contribution is 2.12. The lowest BCUT2D eigenvalue weighted by Crippen LogP contribution is -2.11. The Morgan fingerprint density at radius 2 is 1.32 bits per heavy atom. The second-order valence-electron chi connectivity index (χ2n) is 5.09. The van der Waals surface area contributed by atoms with Gasteiger partial charge in [0.1, 0.15) is 0 Å².